The molecule has 0 aliphatic heterocycles. The van der Waals surface area contributed by atoms with Gasteiger partial charge in [-0.1, -0.05) is 285 Å². The van der Waals surface area contributed by atoms with Gasteiger partial charge in [0.25, 0.3) is 0 Å². The lowest BCUT2D eigenvalue weighted by Gasteiger charge is -2.13. The first-order valence-corrected chi connectivity index (χ1v) is 37.4. The summed E-state index contributed by atoms with van der Waals surface area (Å²) < 4.78 is 7.20. The summed E-state index contributed by atoms with van der Waals surface area (Å²) >= 11 is 1.78. The lowest BCUT2D eigenvalue weighted by molar-refractivity contribution is 1.08. The van der Waals surface area contributed by atoms with E-state index >= 15 is 0 Å². The Balaban J connectivity index is 0.000000139. The third-order valence-electron chi connectivity index (χ3n) is 21.0. The molecule has 0 amide bonds. The van der Waals surface area contributed by atoms with Crippen LogP contribution in [0.3, 0.4) is 0 Å². The van der Waals surface area contributed by atoms with E-state index in [1.807, 2.05) is 54.6 Å². The lowest BCUT2D eigenvalue weighted by atomic mass is 9.97. The van der Waals surface area contributed by atoms with Crippen LogP contribution in [0.2, 0.25) is 0 Å². The predicted molar refractivity (Wildman–Crippen MR) is 453 cm³/mol. The Kier molecular flexibility index (Phi) is 15.2. The number of aromatic nitrogens is 9. The van der Waals surface area contributed by atoms with Gasteiger partial charge in [-0.25, -0.2) is 34.9 Å². The minimum absolute atomic E-state index is 0.631. The average Bonchev–Trinajstić information content (AvgIpc) is 1.58. The monoisotopic (exact) mass is 1410 g/mol. The van der Waals surface area contributed by atoms with Gasteiger partial charge in [0.15, 0.2) is 23.3 Å². The van der Waals surface area contributed by atoms with Gasteiger partial charge in [0.1, 0.15) is 0 Å². The number of thiophene rings is 1. The van der Waals surface area contributed by atoms with E-state index in [2.05, 4.69) is 325 Å². The van der Waals surface area contributed by atoms with E-state index in [0.717, 1.165) is 133 Å². The molecule has 508 valence electrons. The third kappa shape index (κ3) is 11.0. The molecule has 0 saturated heterocycles. The Labute approximate surface area is 630 Å². The fraction of sp³-hybridized carbons (Fsp3) is 0. The molecule has 0 radical (unpaired) electrons. The fourth-order valence-corrected chi connectivity index (χ4v) is 17.2. The Hall–Kier alpha value is -14.5. The molecule has 109 heavy (non-hydrogen) atoms. The van der Waals surface area contributed by atoms with Gasteiger partial charge < -0.3 is 9.13 Å². The zero-order chi connectivity index (χ0) is 71.9. The first-order valence-electron chi connectivity index (χ1n) is 36.6. The van der Waals surface area contributed by atoms with Crippen molar-refractivity contribution < 1.29 is 0 Å². The molecule has 0 unspecified atom stereocenters. The van der Waals surface area contributed by atoms with Crippen molar-refractivity contribution in [2.24, 2.45) is 0 Å². The molecule has 10 heteroatoms. The molecule has 0 fully saturated rings. The number of para-hydroxylation sites is 4. The van der Waals surface area contributed by atoms with Crippen molar-refractivity contribution >= 4 is 118 Å². The zero-order valence-electron chi connectivity index (χ0n) is 58.7. The van der Waals surface area contributed by atoms with E-state index in [9.17, 15) is 0 Å². The minimum atomic E-state index is 0.631. The maximum atomic E-state index is 5.41. The highest BCUT2D eigenvalue weighted by molar-refractivity contribution is 7.26. The van der Waals surface area contributed by atoms with E-state index in [1.165, 1.54) is 52.5 Å². The molecular weight excluding hydrogens is 1350 g/mol. The Morgan fingerprint density at radius 1 is 0.229 bits per heavy atom. The molecule has 0 bridgehead atoms. The van der Waals surface area contributed by atoms with E-state index in [0.29, 0.717) is 23.3 Å². The summed E-state index contributed by atoms with van der Waals surface area (Å²) in [5.74, 6) is 2.64. The van der Waals surface area contributed by atoms with Crippen molar-refractivity contribution in [2.75, 3.05) is 0 Å². The number of fused-ring (bicyclic) bond motifs is 16. The average molecular weight is 1410 g/mol. The van der Waals surface area contributed by atoms with E-state index in [1.54, 1.807) is 11.3 Å². The summed E-state index contributed by atoms with van der Waals surface area (Å²) in [6.45, 7) is 0. The normalized spacial score (nSPS) is 11.7. The van der Waals surface area contributed by atoms with E-state index < -0.39 is 0 Å². The largest absolute Gasteiger partial charge is 0.308 e. The highest BCUT2D eigenvalue weighted by atomic mass is 32.1. The van der Waals surface area contributed by atoms with Gasteiger partial charge in [0, 0.05) is 108 Å². The summed E-state index contributed by atoms with van der Waals surface area (Å²) in [7, 11) is 0. The van der Waals surface area contributed by atoms with Crippen LogP contribution < -0.4 is 0 Å². The van der Waals surface area contributed by atoms with Crippen LogP contribution in [0.1, 0.15) is 0 Å². The number of hydrogen-bond acceptors (Lipinski definition) is 8. The van der Waals surface area contributed by atoms with Crippen molar-refractivity contribution in [3.8, 4) is 102 Å². The van der Waals surface area contributed by atoms with Crippen molar-refractivity contribution in [3.05, 3.63) is 370 Å². The predicted octanol–water partition coefficient (Wildman–Crippen LogP) is 25.6. The SMILES string of the molecule is c1ccc(-c2cc(-c3ccc(-n4c5ccccc5c5c(-c6ccc7ccc8ccccc8c7c6)nc6ccccc6c54)cc3)nc(-c3ccccc3)n2)cc1.c1ccc(-c2nc(-c3ccc(-n4c5ccccc5c5c(-c6ccccc6)nc6ccccc6c54)cc3)nc(-c3cccc4c3sc3ccccc34)n2)cc1. The first-order chi connectivity index (χ1) is 54.0. The van der Waals surface area contributed by atoms with Crippen molar-refractivity contribution in [1.29, 1.82) is 0 Å². The van der Waals surface area contributed by atoms with Crippen molar-refractivity contribution in [1.82, 2.24) is 44.0 Å². The molecule has 0 N–H and O–H groups in total. The molecule has 9 nitrogen and oxygen atoms in total. The van der Waals surface area contributed by atoms with Crippen LogP contribution in [0.15, 0.2) is 370 Å². The van der Waals surface area contributed by atoms with Gasteiger partial charge in [-0.15, -0.1) is 11.3 Å². The summed E-state index contributed by atoms with van der Waals surface area (Å²) in [6, 6.07) is 130. The number of benzene rings is 15. The van der Waals surface area contributed by atoms with Gasteiger partial charge in [0.05, 0.1) is 55.9 Å². The molecule has 7 heterocycles. The Morgan fingerprint density at radius 2 is 0.624 bits per heavy atom. The Morgan fingerprint density at radius 3 is 1.20 bits per heavy atom. The molecule has 15 aromatic carbocycles. The summed E-state index contributed by atoms with van der Waals surface area (Å²) in [5.41, 5.74) is 20.5. The number of rotatable bonds is 10. The summed E-state index contributed by atoms with van der Waals surface area (Å²) in [4.78, 5) is 36.1. The molecule has 0 aliphatic carbocycles. The van der Waals surface area contributed by atoms with Gasteiger partial charge >= 0.3 is 0 Å². The van der Waals surface area contributed by atoms with Gasteiger partial charge in [-0.2, -0.15) is 0 Å². The second-order valence-corrected chi connectivity index (χ2v) is 28.5. The number of pyridine rings is 2. The van der Waals surface area contributed by atoms with Crippen LogP contribution in [-0.4, -0.2) is 44.0 Å². The quantitative estimate of drug-likeness (QED) is 0.126. The van der Waals surface area contributed by atoms with Gasteiger partial charge in [0.2, 0.25) is 0 Å². The molecule has 0 atom stereocenters. The topological polar surface area (TPSA) is 100 Å². The zero-order valence-corrected chi connectivity index (χ0v) is 59.5. The van der Waals surface area contributed by atoms with Gasteiger partial charge in [-0.3, -0.25) is 0 Å². The second kappa shape index (κ2) is 26.3. The molecule has 22 rings (SSSR count). The summed E-state index contributed by atoms with van der Waals surface area (Å²) in [5, 5.41) is 14.2. The van der Waals surface area contributed by atoms with Crippen LogP contribution >= 0.6 is 11.3 Å². The smallest absolute Gasteiger partial charge is 0.165 e. The fourth-order valence-electron chi connectivity index (χ4n) is 15.9. The van der Waals surface area contributed by atoms with Gasteiger partial charge in [-0.05, 0) is 106 Å². The molecule has 7 aromatic heterocycles. The molecular formula is C99H61N9S. The Bertz CT molecular complexity index is 7260. The number of hydrogen-bond donors (Lipinski definition) is 0. The van der Waals surface area contributed by atoms with Crippen LogP contribution in [0.25, 0.3) is 209 Å². The summed E-state index contributed by atoms with van der Waals surface area (Å²) in [6.07, 6.45) is 0. The molecule has 0 spiro atoms. The standard InChI is InChI=1S/C51H32N4.C48H29N5S/c1-3-14-35(15-4-1)45-32-46(54-51(53-45)37-16-5-2-6-17-37)36-27-29-39(30-28-36)55-47-22-12-10-20-42(47)48-49(52-44-21-11-9-19-41(44)50(48)55)38-26-25-34-24-23-33-13-7-8-18-40(33)43(34)31-38;1-3-14-30(15-4-1)43-42-37-20-8-11-24-40(37)53(44(42)36-19-7-10-23-39(36)49-43)33-28-26-32(27-29-33)47-50-46(31-16-5-2-6-17-31)51-48(52-47)38-22-13-21-35-34-18-9-12-25-41(34)54-45(35)38/h1-32H;1-29H. The van der Waals surface area contributed by atoms with Crippen LogP contribution in [0, 0.1) is 0 Å². The third-order valence-corrected chi connectivity index (χ3v) is 22.2. The second-order valence-electron chi connectivity index (χ2n) is 27.4. The molecule has 0 aliphatic rings. The number of nitrogens with zero attached hydrogens (tertiary/aromatic N) is 9. The maximum Gasteiger partial charge on any atom is 0.165 e. The molecule has 0 saturated carbocycles. The molecule has 22 aromatic rings. The highest BCUT2D eigenvalue weighted by Crippen LogP contribution is 2.46. The highest BCUT2D eigenvalue weighted by Gasteiger charge is 2.25. The van der Waals surface area contributed by atoms with Crippen LogP contribution in [-0.2, 0) is 0 Å². The lowest BCUT2D eigenvalue weighted by Crippen LogP contribution is -2.01. The van der Waals surface area contributed by atoms with Crippen molar-refractivity contribution in [2.45, 2.75) is 0 Å². The van der Waals surface area contributed by atoms with E-state index in [4.69, 9.17) is 34.9 Å². The van der Waals surface area contributed by atoms with Crippen LogP contribution in [0.5, 0.6) is 0 Å². The van der Waals surface area contributed by atoms with Crippen molar-refractivity contribution in [3.63, 3.8) is 0 Å². The first kappa shape index (κ1) is 63.1. The van der Waals surface area contributed by atoms with E-state index in [-0.39, 0.29) is 0 Å². The maximum absolute atomic E-state index is 5.41. The minimum Gasteiger partial charge on any atom is -0.308 e. The van der Waals surface area contributed by atoms with Crippen LogP contribution in [0.4, 0.5) is 0 Å².